The lowest BCUT2D eigenvalue weighted by Crippen LogP contribution is -2.38. The SMILES string of the molecule is C=C=C=C=C=C=C=C=C=C=C=C=C=C=C=C=C=C=C=C=C=C=C=C=C=C=C=C=C=C=C=C=C=C=C=C(NC(=O)c1cc(O)cc(O)c1)NC(=O)c1cc(O)cc(C(=O)NCNC(=O)c2cccc(C(=O)NCNC(=O)c3cc(O)cc(O)c3)c2)c1. The third-order valence-corrected chi connectivity index (χ3v) is 8.84. The molecular formula is C68H30N6O11. The van der Waals surface area contributed by atoms with Crippen molar-refractivity contribution in [3.05, 3.63) is 320 Å². The van der Waals surface area contributed by atoms with Crippen molar-refractivity contribution in [1.82, 2.24) is 31.9 Å². The van der Waals surface area contributed by atoms with Gasteiger partial charge in [-0.3, -0.25) is 28.8 Å². The summed E-state index contributed by atoms with van der Waals surface area (Å²) in [6, 6.07) is 14.8. The number of phenols is 5. The summed E-state index contributed by atoms with van der Waals surface area (Å²) in [7, 11) is 0. The Balaban J connectivity index is 1.49. The number of hydrogen-bond donors (Lipinski definition) is 11. The predicted molar refractivity (Wildman–Crippen MR) is 297 cm³/mol. The fourth-order valence-corrected chi connectivity index (χ4v) is 5.49. The van der Waals surface area contributed by atoms with Gasteiger partial charge in [0.15, 0.2) is 5.82 Å². The maximum atomic E-state index is 13.5. The highest BCUT2D eigenvalue weighted by Crippen LogP contribution is 2.22. The van der Waals surface area contributed by atoms with Gasteiger partial charge in [-0.1, -0.05) is 11.8 Å². The Bertz CT molecular complexity index is 4920. The van der Waals surface area contributed by atoms with Crippen LogP contribution >= 0.6 is 0 Å². The fourth-order valence-electron chi connectivity index (χ4n) is 5.49. The Morgan fingerprint density at radius 1 is 0.294 bits per heavy atom. The van der Waals surface area contributed by atoms with E-state index in [1.807, 2.05) is 0 Å². The summed E-state index contributed by atoms with van der Waals surface area (Å²) < 4.78 is 0. The maximum absolute atomic E-state index is 13.5. The largest absolute Gasteiger partial charge is 0.508 e. The lowest BCUT2D eigenvalue weighted by atomic mass is 10.1. The summed E-state index contributed by atoms with van der Waals surface area (Å²) in [5.74, 6) is -7.45. The normalized spacial score (nSPS) is 7.76. The zero-order valence-corrected chi connectivity index (χ0v) is 43.3. The lowest BCUT2D eigenvalue weighted by molar-refractivity contribution is 0.0907. The van der Waals surface area contributed by atoms with Crippen LogP contribution < -0.4 is 31.9 Å². The lowest BCUT2D eigenvalue weighted by Gasteiger charge is -2.12. The van der Waals surface area contributed by atoms with Crippen LogP contribution in [0.15, 0.2) is 286 Å². The van der Waals surface area contributed by atoms with Crippen molar-refractivity contribution >= 4 is 35.4 Å². The molecule has 398 valence electrons. The quantitative estimate of drug-likeness (QED) is 0.0549. The van der Waals surface area contributed by atoms with Crippen molar-refractivity contribution in [2.24, 2.45) is 0 Å². The summed E-state index contributed by atoms with van der Waals surface area (Å²) in [6.45, 7) is 2.50. The van der Waals surface area contributed by atoms with Gasteiger partial charge in [0.25, 0.3) is 35.4 Å². The van der Waals surface area contributed by atoms with Gasteiger partial charge < -0.3 is 57.4 Å². The number of benzene rings is 4. The highest BCUT2D eigenvalue weighted by atomic mass is 16.3. The second-order valence-electron chi connectivity index (χ2n) is 14.8. The van der Waals surface area contributed by atoms with Crippen molar-refractivity contribution in [1.29, 1.82) is 0 Å². The average molecular weight is 1110 g/mol. The van der Waals surface area contributed by atoms with Gasteiger partial charge in [-0.15, -0.1) is 0 Å². The van der Waals surface area contributed by atoms with Crippen LogP contribution in [0.2, 0.25) is 0 Å². The molecule has 0 unspecified atom stereocenters. The topological polar surface area (TPSA) is 276 Å². The molecular weight excluding hydrogens is 1080 g/mol. The van der Waals surface area contributed by atoms with Crippen LogP contribution in [0.4, 0.5) is 0 Å². The number of hydrogen-bond acceptors (Lipinski definition) is 11. The standard InChI is InChI=1S/C68H30N6O11/c1-2-3-4-5-6-7-8-9-10-11-12-13-14-15-16-17-18-19-20-21-22-23-24-25-26-27-28-29-30-31-32-33-34-38-62(74-68(85)56-45-60(78)48-61(79)46-56)73-67(84)54-40-53(41-57(75)42-54)65(82)71-49-69-63(80)51-36-35-37-52(39-51)64(81)70-50-72-66(83)55-43-58(76)47-59(77)44-55/h35-37,39-48,75-79H,1,49-50H2,(H,69,80)(H,70,81)(H,71,82)(H,72,83)(H,73,84)(H,74,85). The van der Waals surface area contributed by atoms with Gasteiger partial charge >= 0.3 is 0 Å². The first-order valence-electron chi connectivity index (χ1n) is 23.1. The molecule has 0 heterocycles. The van der Waals surface area contributed by atoms with E-state index in [4.69, 9.17) is 0 Å². The van der Waals surface area contributed by atoms with E-state index in [1.165, 1.54) is 24.3 Å². The second-order valence-corrected chi connectivity index (χ2v) is 14.8. The van der Waals surface area contributed by atoms with E-state index in [2.05, 4.69) is 233 Å². The van der Waals surface area contributed by atoms with Crippen LogP contribution in [0.5, 0.6) is 28.7 Å². The highest BCUT2D eigenvalue weighted by molar-refractivity contribution is 6.03. The third kappa shape index (κ3) is 25.6. The molecule has 0 saturated heterocycles. The van der Waals surface area contributed by atoms with Crippen LogP contribution in [0.25, 0.3) is 0 Å². The van der Waals surface area contributed by atoms with E-state index in [-0.39, 0.29) is 51.5 Å². The minimum atomic E-state index is -0.993. The minimum absolute atomic E-state index is 0.0148. The van der Waals surface area contributed by atoms with E-state index in [0.29, 0.717) is 0 Å². The molecule has 17 heteroatoms. The number of amides is 6. The van der Waals surface area contributed by atoms with Crippen molar-refractivity contribution in [2.45, 2.75) is 0 Å². The Morgan fingerprint density at radius 2 is 0.518 bits per heavy atom. The molecule has 85 heavy (non-hydrogen) atoms. The zero-order chi connectivity index (χ0) is 61.3. The van der Waals surface area contributed by atoms with Crippen LogP contribution in [-0.4, -0.2) is 74.3 Å². The Morgan fingerprint density at radius 3 is 0.824 bits per heavy atom. The molecule has 6 amide bonds. The molecule has 0 spiro atoms. The van der Waals surface area contributed by atoms with E-state index in [1.54, 1.807) is 0 Å². The number of nitrogens with one attached hydrogen (secondary N) is 6. The Hall–Kier alpha value is -15.0. The molecule has 0 atom stereocenters. The van der Waals surface area contributed by atoms with Crippen molar-refractivity contribution < 1.29 is 54.3 Å². The molecule has 0 bridgehead atoms. The van der Waals surface area contributed by atoms with Gasteiger partial charge in [0, 0.05) is 137 Å². The van der Waals surface area contributed by atoms with Crippen LogP contribution in [0.3, 0.4) is 0 Å². The number of carbonyl (C=O) groups excluding carboxylic acids is 6. The van der Waals surface area contributed by atoms with Gasteiger partial charge in [-0.2, -0.15) is 0 Å². The van der Waals surface area contributed by atoms with Gasteiger partial charge in [-0.05, 0) is 165 Å². The Labute approximate surface area is 481 Å². The van der Waals surface area contributed by atoms with Crippen LogP contribution in [-0.2, 0) is 0 Å². The number of rotatable bonds is 12. The molecule has 4 aromatic rings. The summed E-state index contributed by atoms with van der Waals surface area (Å²) >= 11 is 0. The summed E-state index contributed by atoms with van der Waals surface area (Å²) in [5.41, 5.74) is 82.6. The molecule has 0 aromatic heterocycles. The monoisotopic (exact) mass is 1110 g/mol. The highest BCUT2D eigenvalue weighted by Gasteiger charge is 2.18. The minimum Gasteiger partial charge on any atom is -0.508 e. The first kappa shape index (κ1) is 62.5. The zero-order valence-electron chi connectivity index (χ0n) is 43.3. The number of aromatic hydroxyl groups is 5. The van der Waals surface area contributed by atoms with E-state index >= 15 is 0 Å². The molecule has 17 nitrogen and oxygen atoms in total. The molecule has 0 aliphatic rings. The van der Waals surface area contributed by atoms with E-state index in [9.17, 15) is 54.3 Å². The predicted octanol–water partition coefficient (Wildman–Crippen LogP) is 6.35. The third-order valence-electron chi connectivity index (χ3n) is 8.84. The van der Waals surface area contributed by atoms with Crippen molar-refractivity contribution in [3.63, 3.8) is 0 Å². The van der Waals surface area contributed by atoms with E-state index in [0.717, 1.165) is 54.6 Å². The van der Waals surface area contributed by atoms with Crippen LogP contribution in [0.1, 0.15) is 62.1 Å². The average Bonchev–Trinajstić information content (AvgIpc) is 3.54. The van der Waals surface area contributed by atoms with Gasteiger partial charge in [-0.25, -0.2) is 0 Å². The molecule has 4 aromatic carbocycles. The summed E-state index contributed by atoms with van der Waals surface area (Å²) in [6.07, 6.45) is 0. The molecule has 11 N–H and O–H groups in total. The smallest absolute Gasteiger partial charge is 0.257 e. The van der Waals surface area contributed by atoms with Gasteiger partial charge in [0.2, 0.25) is 0 Å². The summed E-state index contributed by atoms with van der Waals surface area (Å²) in [5, 5.41) is 63.8. The molecule has 0 fully saturated rings. The number of phenolic OH excluding ortho intramolecular Hbond substituents is 5. The molecule has 0 aliphatic carbocycles. The summed E-state index contributed by atoms with van der Waals surface area (Å²) in [4.78, 5) is 77.7. The fraction of sp³-hybridized carbons (Fsp3) is 0.0294. The first-order chi connectivity index (χ1) is 41.2. The van der Waals surface area contributed by atoms with Gasteiger partial charge in [0.1, 0.15) is 28.7 Å². The first-order valence-corrected chi connectivity index (χ1v) is 23.1. The Kier molecular flexibility index (Phi) is 26.5. The second kappa shape index (κ2) is 36.1. The van der Waals surface area contributed by atoms with Crippen LogP contribution in [0, 0.1) is 0 Å². The molecule has 0 aliphatic heterocycles. The molecule has 4 rings (SSSR count). The molecule has 0 saturated carbocycles. The maximum Gasteiger partial charge on any atom is 0.257 e. The van der Waals surface area contributed by atoms with Crippen molar-refractivity contribution in [3.8, 4) is 28.7 Å². The number of carbonyl (C=O) groups is 6. The molecule has 0 radical (unpaired) electrons. The van der Waals surface area contributed by atoms with Crippen molar-refractivity contribution in [2.75, 3.05) is 13.3 Å². The van der Waals surface area contributed by atoms with E-state index < -0.39 is 65.2 Å². The van der Waals surface area contributed by atoms with Gasteiger partial charge in [0.05, 0.1) is 13.3 Å².